The largest absolute Gasteiger partial charge is 0.492 e. The van der Waals surface area contributed by atoms with E-state index >= 15 is 0 Å². The van der Waals surface area contributed by atoms with E-state index in [4.69, 9.17) is 9.47 Å². The molecule has 1 aliphatic heterocycles. The van der Waals surface area contributed by atoms with Crippen molar-refractivity contribution in [3.63, 3.8) is 0 Å². The zero-order chi connectivity index (χ0) is 19.8. The third-order valence-corrected chi connectivity index (χ3v) is 5.64. The van der Waals surface area contributed by atoms with Crippen molar-refractivity contribution in [2.75, 3.05) is 37.0 Å². The van der Waals surface area contributed by atoms with Gasteiger partial charge in [-0.3, -0.25) is 0 Å². The summed E-state index contributed by atoms with van der Waals surface area (Å²) in [6.07, 6.45) is 0.359. The number of nitrogens with zero attached hydrogens (tertiary/aromatic N) is 1. The Morgan fingerprint density at radius 3 is 2.71 bits per heavy atom. The van der Waals surface area contributed by atoms with Crippen molar-refractivity contribution in [2.24, 2.45) is 0 Å². The predicted molar refractivity (Wildman–Crippen MR) is 113 cm³/mol. The van der Waals surface area contributed by atoms with Crippen molar-refractivity contribution < 1.29 is 19.4 Å². The van der Waals surface area contributed by atoms with Crippen molar-refractivity contribution in [2.45, 2.75) is 30.8 Å². The number of anilines is 1. The molecule has 2 aromatic carbocycles. The highest BCUT2D eigenvalue weighted by Gasteiger charge is 2.18. The van der Waals surface area contributed by atoms with Gasteiger partial charge in [0, 0.05) is 30.2 Å². The Morgan fingerprint density at radius 2 is 1.96 bits per heavy atom. The van der Waals surface area contributed by atoms with Crippen LogP contribution in [0.25, 0.3) is 0 Å². The summed E-state index contributed by atoms with van der Waals surface area (Å²) in [7, 11) is 0. The van der Waals surface area contributed by atoms with Gasteiger partial charge in [-0.05, 0) is 36.2 Å². The van der Waals surface area contributed by atoms with Gasteiger partial charge in [0.25, 0.3) is 0 Å². The number of benzene rings is 2. The molecule has 1 N–H and O–H groups in total. The van der Waals surface area contributed by atoms with E-state index in [1.165, 1.54) is 10.6 Å². The maximum Gasteiger partial charge on any atom is 0.333 e. The summed E-state index contributed by atoms with van der Waals surface area (Å²) in [5, 5.41) is 9.27. The molecular formula is C22H27NO4S. The van der Waals surface area contributed by atoms with Crippen LogP contribution in [0.2, 0.25) is 0 Å². The predicted octanol–water partition coefficient (Wildman–Crippen LogP) is 4.10. The number of aliphatic carboxylic acids is 1. The number of ether oxygens (including phenoxy) is 2. The second-order valence-corrected chi connectivity index (χ2v) is 7.83. The molecule has 0 aromatic heterocycles. The molecule has 0 amide bonds. The third-order valence-electron chi connectivity index (χ3n) is 4.60. The molecule has 0 fully saturated rings. The second kappa shape index (κ2) is 10.4. The van der Waals surface area contributed by atoms with E-state index in [-0.39, 0.29) is 0 Å². The average Bonchev–Trinajstić information content (AvgIpc) is 2.72. The van der Waals surface area contributed by atoms with E-state index < -0.39 is 12.1 Å². The van der Waals surface area contributed by atoms with Crippen molar-refractivity contribution in [3.8, 4) is 5.75 Å². The molecule has 0 saturated carbocycles. The van der Waals surface area contributed by atoms with Gasteiger partial charge in [0.05, 0.1) is 12.2 Å². The molecule has 3 rings (SSSR count). The molecule has 1 atom stereocenters. The highest BCUT2D eigenvalue weighted by Crippen LogP contribution is 2.33. The first-order valence-corrected chi connectivity index (χ1v) is 10.7. The molecule has 150 valence electrons. The topological polar surface area (TPSA) is 59.0 Å². The van der Waals surface area contributed by atoms with Crippen LogP contribution < -0.4 is 9.64 Å². The first kappa shape index (κ1) is 20.6. The zero-order valence-electron chi connectivity index (χ0n) is 16.2. The lowest BCUT2D eigenvalue weighted by Crippen LogP contribution is -2.33. The van der Waals surface area contributed by atoms with Crippen LogP contribution in [0.1, 0.15) is 18.9 Å². The fourth-order valence-corrected chi connectivity index (χ4v) is 4.20. The lowest BCUT2D eigenvalue weighted by atomic mass is 10.1. The summed E-state index contributed by atoms with van der Waals surface area (Å²) >= 11 is 1.90. The van der Waals surface area contributed by atoms with Crippen LogP contribution >= 0.6 is 11.8 Å². The van der Waals surface area contributed by atoms with Crippen LogP contribution in [0.4, 0.5) is 5.69 Å². The number of fused-ring (bicyclic) bond motifs is 1. The number of carboxylic acids is 1. The molecule has 6 heteroatoms. The van der Waals surface area contributed by atoms with Crippen LogP contribution in [0.5, 0.6) is 5.75 Å². The molecule has 1 aliphatic rings. The highest BCUT2D eigenvalue weighted by molar-refractivity contribution is 7.99. The molecular weight excluding hydrogens is 374 g/mol. The van der Waals surface area contributed by atoms with Crippen molar-refractivity contribution >= 4 is 23.4 Å². The molecule has 28 heavy (non-hydrogen) atoms. The number of carbonyl (C=O) groups is 1. The Bertz CT molecular complexity index is 765. The standard InChI is InChI=1S/C22H27NO4S/c1-2-13-27-20(22(24)25)16-17-7-9-18(10-8-17)26-14-11-23-12-15-28-21-6-4-3-5-19(21)23/h3-10,20H,2,11-16H2,1H3,(H,24,25)/t20-/m0/s1. The number of para-hydroxylation sites is 1. The summed E-state index contributed by atoms with van der Waals surface area (Å²) in [4.78, 5) is 15.0. The van der Waals surface area contributed by atoms with Crippen LogP contribution in [0.3, 0.4) is 0 Å². The maximum absolute atomic E-state index is 11.3. The third kappa shape index (κ3) is 5.66. The number of hydrogen-bond donors (Lipinski definition) is 1. The van der Waals surface area contributed by atoms with Gasteiger partial charge >= 0.3 is 5.97 Å². The number of carboxylic acid groups (broad SMARTS) is 1. The number of hydrogen-bond acceptors (Lipinski definition) is 5. The molecule has 0 bridgehead atoms. The average molecular weight is 402 g/mol. The molecule has 2 aromatic rings. The fourth-order valence-electron chi connectivity index (χ4n) is 3.15. The first-order valence-electron chi connectivity index (χ1n) is 9.70. The summed E-state index contributed by atoms with van der Waals surface area (Å²) in [6.45, 7) is 4.89. The SMILES string of the molecule is CCCO[C@@H](Cc1ccc(OCCN2CCSc3ccccc32)cc1)C(=O)O. The molecule has 0 saturated heterocycles. The van der Waals surface area contributed by atoms with Gasteiger partial charge in [0.1, 0.15) is 12.4 Å². The first-order chi connectivity index (χ1) is 13.7. The van der Waals surface area contributed by atoms with Crippen LogP contribution in [0, 0.1) is 0 Å². The molecule has 5 nitrogen and oxygen atoms in total. The Hall–Kier alpha value is -2.18. The van der Waals surface area contributed by atoms with Crippen LogP contribution in [-0.4, -0.2) is 49.2 Å². The van der Waals surface area contributed by atoms with Gasteiger partial charge in [0.2, 0.25) is 0 Å². The maximum atomic E-state index is 11.3. The molecule has 0 aliphatic carbocycles. The number of rotatable bonds is 10. The van der Waals surface area contributed by atoms with E-state index in [1.807, 2.05) is 43.0 Å². The van der Waals surface area contributed by atoms with Gasteiger partial charge in [-0.15, -0.1) is 11.8 Å². The lowest BCUT2D eigenvalue weighted by molar-refractivity contribution is -0.150. The number of thioether (sulfide) groups is 1. The van der Waals surface area contributed by atoms with Gasteiger partial charge in [-0.25, -0.2) is 4.79 Å². The Labute approximate surface area is 170 Å². The van der Waals surface area contributed by atoms with Gasteiger partial charge in [-0.1, -0.05) is 31.2 Å². The normalized spacial score (nSPS) is 14.4. The Balaban J connectivity index is 1.49. The highest BCUT2D eigenvalue weighted by atomic mass is 32.2. The minimum absolute atomic E-state index is 0.359. The van der Waals surface area contributed by atoms with E-state index in [9.17, 15) is 9.90 Å². The van der Waals surface area contributed by atoms with E-state index in [1.54, 1.807) is 0 Å². The quantitative estimate of drug-likeness (QED) is 0.647. The Kier molecular flexibility index (Phi) is 7.62. The zero-order valence-corrected chi connectivity index (χ0v) is 17.0. The van der Waals surface area contributed by atoms with Crippen molar-refractivity contribution in [3.05, 3.63) is 54.1 Å². The Morgan fingerprint density at radius 1 is 1.18 bits per heavy atom. The van der Waals surface area contributed by atoms with Gasteiger partial charge in [0.15, 0.2) is 6.10 Å². The molecule has 0 radical (unpaired) electrons. The monoisotopic (exact) mass is 401 g/mol. The van der Waals surface area contributed by atoms with E-state index in [0.717, 1.165) is 36.6 Å². The molecule has 0 spiro atoms. The second-order valence-electron chi connectivity index (χ2n) is 6.70. The summed E-state index contributed by atoms with van der Waals surface area (Å²) in [5.41, 5.74) is 2.21. The smallest absolute Gasteiger partial charge is 0.333 e. The van der Waals surface area contributed by atoms with Crippen LogP contribution in [-0.2, 0) is 16.0 Å². The lowest BCUT2D eigenvalue weighted by Gasteiger charge is -2.30. The molecule has 1 heterocycles. The fraction of sp³-hybridized carbons (Fsp3) is 0.409. The minimum Gasteiger partial charge on any atom is -0.492 e. The van der Waals surface area contributed by atoms with Gasteiger partial charge < -0.3 is 19.5 Å². The summed E-state index contributed by atoms with van der Waals surface area (Å²) in [6, 6.07) is 16.1. The van der Waals surface area contributed by atoms with Crippen molar-refractivity contribution in [1.29, 1.82) is 0 Å². The van der Waals surface area contributed by atoms with E-state index in [2.05, 4.69) is 29.2 Å². The summed E-state index contributed by atoms with van der Waals surface area (Å²) < 4.78 is 11.3. The van der Waals surface area contributed by atoms with Gasteiger partial charge in [-0.2, -0.15) is 0 Å². The minimum atomic E-state index is -0.922. The molecule has 0 unspecified atom stereocenters. The van der Waals surface area contributed by atoms with E-state index in [0.29, 0.717) is 19.6 Å². The summed E-state index contributed by atoms with van der Waals surface area (Å²) in [5.74, 6) is 0.967. The van der Waals surface area contributed by atoms with Crippen molar-refractivity contribution in [1.82, 2.24) is 0 Å². The van der Waals surface area contributed by atoms with Crippen LogP contribution in [0.15, 0.2) is 53.4 Å².